The summed E-state index contributed by atoms with van der Waals surface area (Å²) in [7, 11) is 0. The van der Waals surface area contributed by atoms with Gasteiger partial charge in [-0.2, -0.15) is 0 Å². The van der Waals surface area contributed by atoms with Crippen molar-refractivity contribution in [2.75, 3.05) is 5.32 Å². The van der Waals surface area contributed by atoms with Crippen LogP contribution in [-0.4, -0.2) is 4.92 Å². The number of nitrogens with zero attached hydrogens (tertiary/aromatic N) is 1. The fourth-order valence-corrected chi connectivity index (χ4v) is 2.06. The molecular formula is C15H15ClN2O2. The van der Waals surface area contributed by atoms with Gasteiger partial charge in [0.25, 0.3) is 5.69 Å². The van der Waals surface area contributed by atoms with Crippen LogP contribution in [0.15, 0.2) is 42.5 Å². The molecule has 0 aromatic heterocycles. The zero-order chi connectivity index (χ0) is 14.5. The molecule has 1 N–H and O–H groups in total. The number of aryl methyl sites for hydroxylation is 1. The van der Waals surface area contributed by atoms with E-state index < -0.39 is 4.92 Å². The van der Waals surface area contributed by atoms with Crippen LogP contribution in [-0.2, 0) is 13.0 Å². The maximum absolute atomic E-state index is 11.0. The van der Waals surface area contributed by atoms with Gasteiger partial charge in [-0.3, -0.25) is 10.1 Å². The molecule has 20 heavy (non-hydrogen) atoms. The minimum atomic E-state index is -0.436. The number of anilines is 1. The van der Waals surface area contributed by atoms with Gasteiger partial charge in [-0.25, -0.2) is 0 Å². The zero-order valence-corrected chi connectivity index (χ0v) is 11.9. The molecule has 104 valence electrons. The summed E-state index contributed by atoms with van der Waals surface area (Å²) in [5, 5.41) is 14.4. The Hall–Kier alpha value is -2.07. The molecule has 5 heteroatoms. The Morgan fingerprint density at radius 1 is 1.15 bits per heavy atom. The molecule has 2 aromatic carbocycles. The SMILES string of the molecule is CCc1ccc(CNc2ccc(Cl)cc2[N+](=O)[O-])cc1. The Morgan fingerprint density at radius 2 is 1.80 bits per heavy atom. The molecule has 0 atom stereocenters. The molecule has 0 saturated carbocycles. The number of nitro groups is 1. The van der Waals surface area contributed by atoms with Crippen LogP contribution in [0.25, 0.3) is 0 Å². The standard InChI is InChI=1S/C15H15ClN2O2/c1-2-11-3-5-12(6-4-11)10-17-14-8-7-13(16)9-15(14)18(19)20/h3-9,17H,2,10H2,1H3. The summed E-state index contributed by atoms with van der Waals surface area (Å²) >= 11 is 5.78. The summed E-state index contributed by atoms with van der Waals surface area (Å²) in [4.78, 5) is 10.5. The van der Waals surface area contributed by atoms with Crippen molar-refractivity contribution in [1.29, 1.82) is 0 Å². The second kappa shape index (κ2) is 6.39. The molecule has 0 bridgehead atoms. The van der Waals surface area contributed by atoms with Gasteiger partial charge in [-0.1, -0.05) is 42.8 Å². The summed E-state index contributed by atoms with van der Waals surface area (Å²) in [6.07, 6.45) is 0.996. The van der Waals surface area contributed by atoms with Gasteiger partial charge in [-0.15, -0.1) is 0 Å². The first kappa shape index (κ1) is 14.3. The average Bonchev–Trinajstić information content (AvgIpc) is 2.46. The van der Waals surface area contributed by atoms with Gasteiger partial charge in [0.2, 0.25) is 0 Å². The molecule has 0 aliphatic rings. The van der Waals surface area contributed by atoms with Crippen molar-refractivity contribution in [3.63, 3.8) is 0 Å². The number of benzene rings is 2. The largest absolute Gasteiger partial charge is 0.375 e. The third kappa shape index (κ3) is 3.48. The number of hydrogen-bond acceptors (Lipinski definition) is 3. The Bertz CT molecular complexity index is 612. The summed E-state index contributed by atoms with van der Waals surface area (Å²) in [5.74, 6) is 0. The number of hydrogen-bond donors (Lipinski definition) is 1. The highest BCUT2D eigenvalue weighted by Gasteiger charge is 2.13. The van der Waals surface area contributed by atoms with Crippen molar-refractivity contribution >= 4 is 23.0 Å². The number of halogens is 1. The first-order chi connectivity index (χ1) is 9.60. The fraction of sp³-hybridized carbons (Fsp3) is 0.200. The van der Waals surface area contributed by atoms with Crippen molar-refractivity contribution in [3.8, 4) is 0 Å². The van der Waals surface area contributed by atoms with E-state index in [1.54, 1.807) is 12.1 Å². The summed E-state index contributed by atoms with van der Waals surface area (Å²) in [5.41, 5.74) is 2.80. The van der Waals surface area contributed by atoms with E-state index in [4.69, 9.17) is 11.6 Å². The fourth-order valence-electron chi connectivity index (χ4n) is 1.90. The van der Waals surface area contributed by atoms with Crippen molar-refractivity contribution in [3.05, 3.63) is 68.7 Å². The van der Waals surface area contributed by atoms with E-state index in [0.717, 1.165) is 12.0 Å². The third-order valence-corrected chi connectivity index (χ3v) is 3.31. The van der Waals surface area contributed by atoms with Crippen LogP contribution in [0.3, 0.4) is 0 Å². The monoisotopic (exact) mass is 290 g/mol. The first-order valence-corrected chi connectivity index (χ1v) is 6.73. The lowest BCUT2D eigenvalue weighted by Gasteiger charge is -2.08. The van der Waals surface area contributed by atoms with E-state index in [1.165, 1.54) is 11.6 Å². The van der Waals surface area contributed by atoms with Crippen molar-refractivity contribution in [2.45, 2.75) is 19.9 Å². The van der Waals surface area contributed by atoms with Crippen LogP contribution in [0.5, 0.6) is 0 Å². The van der Waals surface area contributed by atoms with Gasteiger partial charge < -0.3 is 5.32 Å². The smallest absolute Gasteiger partial charge is 0.293 e. The van der Waals surface area contributed by atoms with Crippen molar-refractivity contribution in [1.82, 2.24) is 0 Å². The minimum absolute atomic E-state index is 0.0114. The lowest BCUT2D eigenvalue weighted by Crippen LogP contribution is -2.02. The van der Waals surface area contributed by atoms with Crippen LogP contribution in [0.1, 0.15) is 18.1 Å². The zero-order valence-electron chi connectivity index (χ0n) is 11.1. The predicted molar refractivity (Wildman–Crippen MR) is 81.3 cm³/mol. The molecule has 0 fully saturated rings. The van der Waals surface area contributed by atoms with E-state index >= 15 is 0 Å². The third-order valence-electron chi connectivity index (χ3n) is 3.07. The van der Waals surface area contributed by atoms with Gasteiger partial charge in [0.05, 0.1) is 4.92 Å². The van der Waals surface area contributed by atoms with E-state index in [9.17, 15) is 10.1 Å². The quantitative estimate of drug-likeness (QED) is 0.655. The normalized spacial score (nSPS) is 10.3. The summed E-state index contributed by atoms with van der Waals surface area (Å²) in [6, 6.07) is 12.8. The number of rotatable bonds is 5. The summed E-state index contributed by atoms with van der Waals surface area (Å²) in [6.45, 7) is 2.64. The van der Waals surface area contributed by atoms with Gasteiger partial charge in [0.1, 0.15) is 5.69 Å². The lowest BCUT2D eigenvalue weighted by molar-refractivity contribution is -0.383. The molecule has 2 aromatic rings. The first-order valence-electron chi connectivity index (χ1n) is 6.35. The topological polar surface area (TPSA) is 55.2 Å². The van der Waals surface area contributed by atoms with Gasteiger partial charge >= 0.3 is 0 Å². The maximum atomic E-state index is 11.0. The highest BCUT2D eigenvalue weighted by atomic mass is 35.5. The molecule has 0 unspecified atom stereocenters. The van der Waals surface area contributed by atoms with E-state index in [1.807, 2.05) is 12.1 Å². The van der Waals surface area contributed by atoms with Crippen molar-refractivity contribution in [2.24, 2.45) is 0 Å². The molecule has 0 spiro atoms. The van der Waals surface area contributed by atoms with E-state index in [2.05, 4.69) is 24.4 Å². The lowest BCUT2D eigenvalue weighted by atomic mass is 10.1. The second-order valence-corrected chi connectivity index (χ2v) is 4.88. The molecule has 2 rings (SSSR count). The maximum Gasteiger partial charge on any atom is 0.293 e. The number of nitrogens with one attached hydrogen (secondary N) is 1. The van der Waals surface area contributed by atoms with Gasteiger partial charge in [-0.05, 0) is 29.7 Å². The van der Waals surface area contributed by atoms with Crippen LogP contribution >= 0.6 is 11.6 Å². The van der Waals surface area contributed by atoms with Gasteiger partial charge in [0, 0.05) is 17.6 Å². The Labute approximate surface area is 122 Å². The molecular weight excluding hydrogens is 276 g/mol. The van der Waals surface area contributed by atoms with E-state index in [0.29, 0.717) is 17.3 Å². The van der Waals surface area contributed by atoms with Crippen LogP contribution < -0.4 is 5.32 Å². The molecule has 0 aliphatic carbocycles. The van der Waals surface area contributed by atoms with Crippen LogP contribution in [0.4, 0.5) is 11.4 Å². The molecule has 0 saturated heterocycles. The van der Waals surface area contributed by atoms with E-state index in [-0.39, 0.29) is 5.69 Å². The van der Waals surface area contributed by atoms with Gasteiger partial charge in [0.15, 0.2) is 0 Å². The molecule has 0 heterocycles. The Morgan fingerprint density at radius 3 is 2.40 bits per heavy atom. The highest BCUT2D eigenvalue weighted by molar-refractivity contribution is 6.30. The molecule has 0 amide bonds. The Balaban J connectivity index is 2.12. The molecule has 4 nitrogen and oxygen atoms in total. The van der Waals surface area contributed by atoms with Crippen LogP contribution in [0.2, 0.25) is 5.02 Å². The highest BCUT2D eigenvalue weighted by Crippen LogP contribution is 2.28. The van der Waals surface area contributed by atoms with Crippen molar-refractivity contribution < 1.29 is 4.92 Å². The predicted octanol–water partition coefficient (Wildman–Crippen LogP) is 4.42. The second-order valence-electron chi connectivity index (χ2n) is 4.44. The minimum Gasteiger partial charge on any atom is -0.375 e. The average molecular weight is 291 g/mol. The Kier molecular flexibility index (Phi) is 4.58. The molecule has 0 radical (unpaired) electrons. The molecule has 0 aliphatic heterocycles. The summed E-state index contributed by atoms with van der Waals surface area (Å²) < 4.78 is 0. The van der Waals surface area contributed by atoms with Crippen LogP contribution in [0, 0.1) is 10.1 Å². The number of nitro benzene ring substituents is 1.